The van der Waals surface area contributed by atoms with Crippen LogP contribution in [-0.4, -0.2) is 26.7 Å². The number of aryl methyl sites for hydroxylation is 1. The summed E-state index contributed by atoms with van der Waals surface area (Å²) < 4.78 is 3.04. The Balaban J connectivity index is 2.91. The van der Waals surface area contributed by atoms with E-state index < -0.39 is 12.0 Å². The molecule has 0 spiro atoms. The summed E-state index contributed by atoms with van der Waals surface area (Å²) in [5.41, 5.74) is 5.41. The fourth-order valence-corrected chi connectivity index (χ4v) is 1.95. The van der Waals surface area contributed by atoms with Crippen molar-refractivity contribution >= 4 is 37.8 Å². The number of hydrogen-bond acceptors (Lipinski definition) is 3. The molecule has 5 nitrogen and oxygen atoms in total. The molecule has 1 aromatic heterocycles. The van der Waals surface area contributed by atoms with E-state index in [1.54, 1.807) is 11.5 Å². The van der Waals surface area contributed by atoms with Gasteiger partial charge >= 0.3 is 5.97 Å². The fourth-order valence-electron chi connectivity index (χ4n) is 0.989. The second-order valence-electron chi connectivity index (χ2n) is 2.80. The van der Waals surface area contributed by atoms with Gasteiger partial charge in [0.2, 0.25) is 0 Å². The average Bonchev–Trinajstić information content (AvgIpc) is 2.32. The van der Waals surface area contributed by atoms with E-state index in [-0.39, 0.29) is 6.54 Å². The van der Waals surface area contributed by atoms with E-state index >= 15 is 0 Å². The number of nitrogens with two attached hydrogens (primary N) is 1. The van der Waals surface area contributed by atoms with Crippen molar-refractivity contribution < 1.29 is 9.90 Å². The Hall–Kier alpha value is -0.400. The molecular formula is C7H9Br2N3O2. The molecule has 78 valence electrons. The van der Waals surface area contributed by atoms with Crippen molar-refractivity contribution in [2.75, 3.05) is 0 Å². The number of hydrogen-bond donors (Lipinski definition) is 2. The highest BCUT2D eigenvalue weighted by Crippen LogP contribution is 2.23. The van der Waals surface area contributed by atoms with Gasteiger partial charge in [0.05, 0.1) is 6.54 Å². The van der Waals surface area contributed by atoms with Crippen LogP contribution < -0.4 is 5.73 Å². The summed E-state index contributed by atoms with van der Waals surface area (Å²) in [6.45, 7) is 1.98. The van der Waals surface area contributed by atoms with Crippen molar-refractivity contribution in [2.45, 2.75) is 19.5 Å². The van der Waals surface area contributed by atoms with Crippen molar-refractivity contribution in [3.05, 3.63) is 15.0 Å². The molecule has 1 atom stereocenters. The van der Waals surface area contributed by atoms with Crippen LogP contribution in [0.15, 0.2) is 9.21 Å². The Bertz CT molecular complexity index is 364. The second-order valence-corrected chi connectivity index (χ2v) is 4.30. The molecule has 1 rings (SSSR count). The van der Waals surface area contributed by atoms with E-state index in [2.05, 4.69) is 36.8 Å². The highest BCUT2D eigenvalue weighted by Gasteiger charge is 2.17. The topological polar surface area (TPSA) is 81.1 Å². The summed E-state index contributed by atoms with van der Waals surface area (Å²) in [6, 6.07) is -0.925. The highest BCUT2D eigenvalue weighted by molar-refractivity contribution is 9.13. The van der Waals surface area contributed by atoms with Crippen LogP contribution in [0, 0.1) is 6.92 Å². The smallest absolute Gasteiger partial charge is 0.322 e. The number of carboxylic acids is 1. The number of aromatic nitrogens is 2. The number of rotatable bonds is 3. The predicted molar refractivity (Wildman–Crippen MR) is 58.0 cm³/mol. The van der Waals surface area contributed by atoms with Crippen molar-refractivity contribution in [3.8, 4) is 0 Å². The molecule has 0 amide bonds. The Morgan fingerprint density at radius 2 is 2.29 bits per heavy atom. The minimum absolute atomic E-state index is 0.195. The second kappa shape index (κ2) is 4.41. The van der Waals surface area contributed by atoms with Gasteiger partial charge in [-0.1, -0.05) is 0 Å². The Morgan fingerprint density at radius 3 is 2.64 bits per heavy atom. The Labute approximate surface area is 97.6 Å². The zero-order valence-electron chi connectivity index (χ0n) is 7.37. The minimum Gasteiger partial charge on any atom is -0.480 e. The van der Waals surface area contributed by atoms with Crippen LogP contribution in [0.1, 0.15) is 5.82 Å². The molecule has 0 saturated heterocycles. The lowest BCUT2D eigenvalue weighted by molar-refractivity contribution is -0.138. The summed E-state index contributed by atoms with van der Waals surface area (Å²) in [7, 11) is 0. The molecule has 0 radical (unpaired) electrons. The SMILES string of the molecule is Cc1nc(Br)c(Br)n1CC(N)C(=O)O. The first-order chi connectivity index (χ1) is 6.43. The summed E-state index contributed by atoms with van der Waals surface area (Å²) >= 11 is 6.51. The van der Waals surface area contributed by atoms with Crippen molar-refractivity contribution in [3.63, 3.8) is 0 Å². The molecule has 7 heteroatoms. The molecule has 0 aliphatic rings. The van der Waals surface area contributed by atoms with Crippen LogP contribution in [0.3, 0.4) is 0 Å². The van der Waals surface area contributed by atoms with Gasteiger partial charge in [0.25, 0.3) is 0 Å². The quantitative estimate of drug-likeness (QED) is 0.872. The van der Waals surface area contributed by atoms with E-state index in [1.807, 2.05) is 0 Å². The van der Waals surface area contributed by atoms with Crippen molar-refractivity contribution in [1.82, 2.24) is 9.55 Å². The van der Waals surface area contributed by atoms with Crippen LogP contribution in [0.2, 0.25) is 0 Å². The van der Waals surface area contributed by atoms with Crippen molar-refractivity contribution in [2.24, 2.45) is 5.73 Å². The number of nitrogens with zero attached hydrogens (tertiary/aromatic N) is 2. The first-order valence-corrected chi connectivity index (χ1v) is 5.38. The van der Waals surface area contributed by atoms with Crippen LogP contribution in [0.25, 0.3) is 0 Å². The van der Waals surface area contributed by atoms with Gasteiger partial charge in [-0.05, 0) is 38.8 Å². The molecule has 1 unspecified atom stereocenters. The molecule has 0 aliphatic heterocycles. The van der Waals surface area contributed by atoms with Gasteiger partial charge in [-0.2, -0.15) is 0 Å². The molecule has 0 aliphatic carbocycles. The van der Waals surface area contributed by atoms with E-state index in [1.165, 1.54) is 0 Å². The van der Waals surface area contributed by atoms with Crippen molar-refractivity contribution in [1.29, 1.82) is 0 Å². The number of halogens is 2. The van der Waals surface area contributed by atoms with Crippen LogP contribution in [0.4, 0.5) is 0 Å². The molecule has 0 aromatic carbocycles. The molecular weight excluding hydrogens is 318 g/mol. The molecule has 1 heterocycles. The standard InChI is InChI=1S/C7H9Br2N3O2/c1-3-11-5(8)6(9)12(3)2-4(10)7(13)14/h4H,2,10H2,1H3,(H,13,14). The maximum absolute atomic E-state index is 10.5. The summed E-state index contributed by atoms with van der Waals surface area (Å²) in [5.74, 6) is -0.318. The van der Waals surface area contributed by atoms with Crippen LogP contribution >= 0.6 is 31.9 Å². The fraction of sp³-hybridized carbons (Fsp3) is 0.429. The molecule has 14 heavy (non-hydrogen) atoms. The maximum Gasteiger partial charge on any atom is 0.322 e. The molecule has 0 saturated carbocycles. The first-order valence-electron chi connectivity index (χ1n) is 3.80. The lowest BCUT2D eigenvalue weighted by Gasteiger charge is -2.09. The zero-order chi connectivity index (χ0) is 10.9. The lowest BCUT2D eigenvalue weighted by Crippen LogP contribution is -2.35. The normalized spacial score (nSPS) is 12.9. The van der Waals surface area contributed by atoms with Gasteiger partial charge in [-0.3, -0.25) is 4.79 Å². The number of carbonyl (C=O) groups is 1. The third-order valence-corrected chi connectivity index (χ3v) is 3.64. The van der Waals surface area contributed by atoms with Gasteiger partial charge in [-0.25, -0.2) is 4.98 Å². The average molecular weight is 327 g/mol. The first kappa shape index (κ1) is 11.7. The maximum atomic E-state index is 10.5. The summed E-state index contributed by atoms with van der Waals surface area (Å²) in [6.07, 6.45) is 0. The molecule has 3 N–H and O–H groups in total. The number of aliphatic carboxylic acids is 1. The lowest BCUT2D eigenvalue weighted by atomic mass is 10.3. The Kier molecular flexibility index (Phi) is 3.68. The summed E-state index contributed by atoms with van der Waals surface area (Å²) in [4.78, 5) is 14.7. The monoisotopic (exact) mass is 325 g/mol. The van der Waals surface area contributed by atoms with E-state index in [0.29, 0.717) is 15.0 Å². The predicted octanol–water partition coefficient (Wildman–Crippen LogP) is 1.13. The minimum atomic E-state index is -1.03. The molecule has 1 aromatic rings. The number of imidazole rings is 1. The largest absolute Gasteiger partial charge is 0.480 e. The third-order valence-electron chi connectivity index (χ3n) is 1.75. The highest BCUT2D eigenvalue weighted by atomic mass is 79.9. The van der Waals surface area contributed by atoms with Crippen LogP contribution in [-0.2, 0) is 11.3 Å². The number of carboxylic acid groups (broad SMARTS) is 1. The van der Waals surface area contributed by atoms with E-state index in [4.69, 9.17) is 10.8 Å². The van der Waals surface area contributed by atoms with E-state index in [0.717, 1.165) is 0 Å². The van der Waals surface area contributed by atoms with Gasteiger partial charge < -0.3 is 15.4 Å². The van der Waals surface area contributed by atoms with Gasteiger partial charge in [-0.15, -0.1) is 0 Å². The van der Waals surface area contributed by atoms with Crippen LogP contribution in [0.5, 0.6) is 0 Å². The molecule has 0 bridgehead atoms. The van der Waals surface area contributed by atoms with Gasteiger partial charge in [0.1, 0.15) is 21.1 Å². The van der Waals surface area contributed by atoms with Gasteiger partial charge in [0.15, 0.2) is 0 Å². The van der Waals surface area contributed by atoms with E-state index in [9.17, 15) is 4.79 Å². The Morgan fingerprint density at radius 1 is 1.71 bits per heavy atom. The summed E-state index contributed by atoms with van der Waals surface area (Å²) in [5, 5.41) is 8.65. The van der Waals surface area contributed by atoms with Gasteiger partial charge in [0, 0.05) is 0 Å². The molecule has 0 fully saturated rings. The third kappa shape index (κ3) is 2.34. The zero-order valence-corrected chi connectivity index (χ0v) is 10.5.